The number of hydrogen-bond donors (Lipinski definition) is 0. The summed E-state index contributed by atoms with van der Waals surface area (Å²) in [6.07, 6.45) is 3.69. The number of aromatic nitrogens is 4. The van der Waals surface area contributed by atoms with Gasteiger partial charge in [0.25, 0.3) is 0 Å². The molecule has 4 aromatic rings. The highest BCUT2D eigenvalue weighted by molar-refractivity contribution is 7.99. The number of methoxy groups -OCH3 is 1. The van der Waals surface area contributed by atoms with Crippen molar-refractivity contribution in [3.8, 4) is 22.9 Å². The van der Waals surface area contributed by atoms with Gasteiger partial charge in [-0.2, -0.15) is 0 Å². The van der Waals surface area contributed by atoms with Crippen molar-refractivity contribution in [2.24, 2.45) is 0 Å². The first-order chi connectivity index (χ1) is 14.1. The number of rotatable bonds is 6. The first-order valence-electron chi connectivity index (χ1n) is 9.00. The lowest BCUT2D eigenvalue weighted by atomic mass is 10.2. The van der Waals surface area contributed by atoms with Crippen LogP contribution in [0.3, 0.4) is 0 Å². The Hall–Kier alpha value is -2.77. The molecule has 4 rings (SSSR count). The second kappa shape index (κ2) is 8.31. The standard InChI is InChI=1S/C21H19ClN4O2S/c1-13-17(22)5-4-6-18(13)26-12-11-23-21(26)29-14(2)19-24-25-20(28-19)15-7-9-16(27-3)10-8-15/h4-12,14H,1-3H3. The molecule has 1 atom stereocenters. The maximum absolute atomic E-state index is 6.28. The topological polar surface area (TPSA) is 66.0 Å². The predicted octanol–water partition coefficient (Wildman–Crippen LogP) is 5.75. The number of halogens is 1. The van der Waals surface area contributed by atoms with Crippen LogP contribution in [0, 0.1) is 6.92 Å². The van der Waals surface area contributed by atoms with Crippen LogP contribution in [0.15, 0.2) is 64.4 Å². The number of nitrogens with zero attached hydrogens (tertiary/aromatic N) is 4. The van der Waals surface area contributed by atoms with Crippen molar-refractivity contribution < 1.29 is 9.15 Å². The maximum atomic E-state index is 6.28. The van der Waals surface area contributed by atoms with Crippen molar-refractivity contribution in [1.82, 2.24) is 19.7 Å². The lowest BCUT2D eigenvalue weighted by Crippen LogP contribution is -2.00. The summed E-state index contributed by atoms with van der Waals surface area (Å²) in [7, 11) is 1.63. The van der Waals surface area contributed by atoms with Gasteiger partial charge in [0.05, 0.1) is 18.0 Å². The van der Waals surface area contributed by atoms with Crippen molar-refractivity contribution in [1.29, 1.82) is 0 Å². The quantitative estimate of drug-likeness (QED) is 0.366. The van der Waals surface area contributed by atoms with Crippen LogP contribution >= 0.6 is 23.4 Å². The molecule has 0 saturated heterocycles. The van der Waals surface area contributed by atoms with Gasteiger partial charge in [0, 0.05) is 23.0 Å². The highest BCUT2D eigenvalue weighted by atomic mass is 35.5. The molecule has 2 aromatic carbocycles. The summed E-state index contributed by atoms with van der Waals surface area (Å²) in [6, 6.07) is 13.3. The fourth-order valence-corrected chi connectivity index (χ4v) is 3.95. The van der Waals surface area contributed by atoms with E-state index in [9.17, 15) is 0 Å². The third kappa shape index (κ3) is 4.02. The monoisotopic (exact) mass is 426 g/mol. The molecule has 1 unspecified atom stereocenters. The minimum absolute atomic E-state index is 0.0739. The third-order valence-electron chi connectivity index (χ3n) is 4.51. The Labute approximate surface area is 177 Å². The summed E-state index contributed by atoms with van der Waals surface area (Å²) in [5.74, 6) is 1.79. The maximum Gasteiger partial charge on any atom is 0.247 e. The van der Waals surface area contributed by atoms with Crippen molar-refractivity contribution in [3.63, 3.8) is 0 Å². The lowest BCUT2D eigenvalue weighted by Gasteiger charge is -2.13. The highest BCUT2D eigenvalue weighted by Crippen LogP contribution is 2.36. The van der Waals surface area contributed by atoms with Gasteiger partial charge in [0.15, 0.2) is 5.16 Å². The Balaban J connectivity index is 1.55. The normalized spacial score (nSPS) is 12.1. The van der Waals surface area contributed by atoms with Crippen LogP contribution in [0.4, 0.5) is 0 Å². The van der Waals surface area contributed by atoms with Crippen LogP contribution in [0.1, 0.15) is 23.6 Å². The summed E-state index contributed by atoms with van der Waals surface area (Å²) >= 11 is 7.83. The highest BCUT2D eigenvalue weighted by Gasteiger charge is 2.19. The summed E-state index contributed by atoms with van der Waals surface area (Å²) in [6.45, 7) is 4.01. The smallest absolute Gasteiger partial charge is 0.247 e. The van der Waals surface area contributed by atoms with E-state index in [2.05, 4.69) is 15.2 Å². The zero-order chi connectivity index (χ0) is 20.4. The van der Waals surface area contributed by atoms with Gasteiger partial charge in [-0.1, -0.05) is 29.4 Å². The van der Waals surface area contributed by atoms with E-state index in [0.717, 1.165) is 32.7 Å². The molecule has 2 heterocycles. The second-order valence-corrected chi connectivity index (χ2v) is 8.11. The molecule has 0 aliphatic carbocycles. The van der Waals surface area contributed by atoms with Gasteiger partial charge in [-0.05, 0) is 55.8 Å². The number of benzene rings is 2. The molecule has 8 heteroatoms. The fourth-order valence-electron chi connectivity index (χ4n) is 2.87. The predicted molar refractivity (Wildman–Crippen MR) is 114 cm³/mol. The van der Waals surface area contributed by atoms with Crippen molar-refractivity contribution in [3.05, 3.63) is 71.3 Å². The van der Waals surface area contributed by atoms with Gasteiger partial charge in [-0.15, -0.1) is 10.2 Å². The van der Waals surface area contributed by atoms with E-state index in [1.165, 1.54) is 0 Å². The Morgan fingerprint density at radius 3 is 2.69 bits per heavy atom. The van der Waals surface area contributed by atoms with Crippen molar-refractivity contribution in [2.75, 3.05) is 7.11 Å². The summed E-state index contributed by atoms with van der Waals surface area (Å²) in [5.41, 5.74) is 2.84. The van der Waals surface area contributed by atoms with E-state index < -0.39 is 0 Å². The Morgan fingerprint density at radius 2 is 1.93 bits per heavy atom. The average Bonchev–Trinajstić information content (AvgIpc) is 3.40. The number of ether oxygens (including phenoxy) is 1. The largest absolute Gasteiger partial charge is 0.497 e. The van der Waals surface area contributed by atoms with Gasteiger partial charge in [-0.25, -0.2) is 4.98 Å². The number of thioether (sulfide) groups is 1. The van der Waals surface area contributed by atoms with Crippen molar-refractivity contribution >= 4 is 23.4 Å². The number of imidazole rings is 1. The van der Waals surface area contributed by atoms with Crippen LogP contribution in [-0.4, -0.2) is 26.9 Å². The second-order valence-electron chi connectivity index (χ2n) is 6.40. The molecule has 6 nitrogen and oxygen atoms in total. The third-order valence-corrected chi connectivity index (χ3v) is 5.99. The number of hydrogen-bond acceptors (Lipinski definition) is 6. The average molecular weight is 427 g/mol. The molecule has 0 amide bonds. The van der Waals surface area contributed by atoms with Gasteiger partial charge >= 0.3 is 0 Å². The minimum atomic E-state index is -0.0739. The Morgan fingerprint density at radius 1 is 1.14 bits per heavy atom. The molecule has 0 aliphatic heterocycles. The van der Waals surface area contributed by atoms with Gasteiger partial charge in [-0.3, -0.25) is 4.57 Å². The summed E-state index contributed by atoms with van der Waals surface area (Å²) < 4.78 is 13.1. The van der Waals surface area contributed by atoms with Crippen LogP contribution in [0.2, 0.25) is 5.02 Å². The van der Waals surface area contributed by atoms with Gasteiger partial charge in [0.1, 0.15) is 5.75 Å². The molecule has 0 saturated carbocycles. The first-order valence-corrected chi connectivity index (χ1v) is 10.3. The molecular weight excluding hydrogens is 408 g/mol. The lowest BCUT2D eigenvalue weighted by molar-refractivity contribution is 0.415. The molecule has 0 N–H and O–H groups in total. The van der Waals surface area contributed by atoms with Crippen LogP contribution in [-0.2, 0) is 0 Å². The molecule has 0 fully saturated rings. The fraction of sp³-hybridized carbons (Fsp3) is 0.190. The Bertz CT molecular complexity index is 1120. The summed E-state index contributed by atoms with van der Waals surface area (Å²) in [5, 5.41) is 9.88. The zero-order valence-corrected chi connectivity index (χ0v) is 17.7. The first kappa shape index (κ1) is 19.5. The van der Waals surface area contributed by atoms with Crippen LogP contribution in [0.5, 0.6) is 5.75 Å². The molecule has 148 valence electrons. The van der Waals surface area contributed by atoms with E-state index in [-0.39, 0.29) is 5.25 Å². The molecule has 0 radical (unpaired) electrons. The van der Waals surface area contributed by atoms with E-state index in [4.69, 9.17) is 20.8 Å². The van der Waals surface area contributed by atoms with E-state index in [0.29, 0.717) is 11.8 Å². The SMILES string of the molecule is COc1ccc(-c2nnc(C(C)Sc3nccn3-c3cccc(Cl)c3C)o2)cc1. The molecule has 0 spiro atoms. The summed E-state index contributed by atoms with van der Waals surface area (Å²) in [4.78, 5) is 4.49. The van der Waals surface area contributed by atoms with Crippen LogP contribution < -0.4 is 4.74 Å². The van der Waals surface area contributed by atoms with Crippen molar-refractivity contribution in [2.45, 2.75) is 24.3 Å². The van der Waals surface area contributed by atoms with Gasteiger partial charge < -0.3 is 9.15 Å². The minimum Gasteiger partial charge on any atom is -0.497 e. The Kier molecular flexibility index (Phi) is 5.60. The van der Waals surface area contributed by atoms with E-state index in [1.807, 2.05) is 67.1 Å². The molecule has 29 heavy (non-hydrogen) atoms. The molecule has 0 aliphatic rings. The molecule has 0 bridgehead atoms. The molecular formula is C21H19ClN4O2S. The van der Waals surface area contributed by atoms with Gasteiger partial charge in [0.2, 0.25) is 11.8 Å². The van der Waals surface area contributed by atoms with Crippen LogP contribution in [0.25, 0.3) is 17.1 Å². The van der Waals surface area contributed by atoms with E-state index >= 15 is 0 Å². The zero-order valence-electron chi connectivity index (χ0n) is 16.2. The van der Waals surface area contributed by atoms with E-state index in [1.54, 1.807) is 25.1 Å². The molecule has 2 aromatic heterocycles.